The van der Waals surface area contributed by atoms with Crippen molar-refractivity contribution in [3.63, 3.8) is 0 Å². The quantitative estimate of drug-likeness (QED) is 0.0367. The van der Waals surface area contributed by atoms with E-state index in [0.29, 0.717) is 0 Å². The number of rotatable bonds is 17. The lowest BCUT2D eigenvalue weighted by molar-refractivity contribution is -0.745. The Labute approximate surface area is 354 Å². The largest absolute Gasteiger partial charge is 0.856 e. The Kier molecular flexibility index (Phi) is 15.8. The van der Waals surface area contributed by atoms with Gasteiger partial charge >= 0.3 is 36.5 Å². The molecule has 2 fully saturated rings. The number of aliphatic hydroxyl groups excluding tert-OH is 4. The maximum atomic E-state index is 12.7. The van der Waals surface area contributed by atoms with Gasteiger partial charge in [-0.2, -0.15) is 9.29 Å². The first-order valence-electron chi connectivity index (χ1n) is 18.4. The SMILES string of the molecule is CCN(CC)CC.Cn1c[n+]([C@@H]2O[C@H](COP(=O)(O)CP(=O)(O)OP(=O)(O)OP(=O)(O)OC[C@H]3O[C@@H](n4cnc5c(=O)[nH]c(N)nc54)[C@H](O)[C@@H]3O)[C@@H](O)[C@H]2O)c2nc(N)nc([O-])c21. The predicted molar refractivity (Wildman–Crippen MR) is 209 cm³/mol. The van der Waals surface area contributed by atoms with E-state index in [-0.39, 0.29) is 28.3 Å². The molecule has 31 nitrogen and oxygen atoms in total. The Morgan fingerprint density at radius 1 is 0.857 bits per heavy atom. The minimum absolute atomic E-state index is 0.0581. The number of phosphoric acid groups is 2. The standard InChI is InChI=1S/C22H32N10O20P4.C6H15N/c1-30-5-32(16-10(30)18(38)29-22(24)27-16)20-14(36)11(33)7(50-20)2-47-53(39,40)6-54(41,42)51-56(45,46)52-55(43,44)48-3-8-12(34)13(35)19(49-8)31-4-25-9-15(31)26-21(23)28-17(9)37;1-4-7(5-2)6-3/h4-5,7-8,11-14,19-20,33-36H,2-3,6H2,1H3,(H9-,23,24,26,27,28,29,37,38,39,40,41,42,43,44,45,46);4-6H2,1-3H3/t7-,8-,11-,12-,13-,14-,19-,20-;/m1./s1. The third kappa shape index (κ3) is 11.9. The fourth-order valence-corrected chi connectivity index (χ4v) is 12.8. The molecule has 0 saturated carbocycles. The van der Waals surface area contributed by atoms with Crippen LogP contribution in [-0.4, -0.2) is 154 Å². The van der Waals surface area contributed by atoms with Crippen LogP contribution in [0.1, 0.15) is 33.2 Å². The second-order valence-corrected chi connectivity index (χ2v) is 21.2. The summed E-state index contributed by atoms with van der Waals surface area (Å²) in [4.78, 5) is 72.1. The second-order valence-electron chi connectivity index (χ2n) is 13.8. The van der Waals surface area contributed by atoms with Gasteiger partial charge in [0.1, 0.15) is 36.6 Å². The maximum Gasteiger partial charge on any atom is 0.488 e. The molecule has 35 heteroatoms. The molecule has 0 bridgehead atoms. The van der Waals surface area contributed by atoms with Crippen molar-refractivity contribution in [2.24, 2.45) is 7.05 Å². The van der Waals surface area contributed by atoms with Gasteiger partial charge in [-0.15, -0.1) is 0 Å². The van der Waals surface area contributed by atoms with Crippen LogP contribution in [0.2, 0.25) is 0 Å². The van der Waals surface area contributed by atoms with Crippen molar-refractivity contribution in [3.8, 4) is 5.88 Å². The molecule has 13 N–H and O–H groups in total. The fourth-order valence-electron chi connectivity index (χ4n) is 6.39. The molecule has 4 aromatic rings. The van der Waals surface area contributed by atoms with Crippen molar-refractivity contribution >= 4 is 65.1 Å². The third-order valence-electron chi connectivity index (χ3n) is 9.40. The number of aliphatic hydroxyl groups is 4. The van der Waals surface area contributed by atoms with Gasteiger partial charge in [0.2, 0.25) is 12.2 Å². The molecule has 6 rings (SSSR count). The van der Waals surface area contributed by atoms with E-state index in [1.54, 1.807) is 0 Å². The average Bonchev–Trinajstić information content (AvgIpc) is 3.88. The van der Waals surface area contributed by atoms with Crippen LogP contribution < -0.4 is 26.7 Å². The molecule has 4 aromatic heterocycles. The molecule has 0 aliphatic carbocycles. The molecule has 0 radical (unpaired) electrons. The highest BCUT2D eigenvalue weighted by Crippen LogP contribution is 2.70. The maximum absolute atomic E-state index is 12.7. The zero-order chi connectivity index (χ0) is 47.0. The van der Waals surface area contributed by atoms with E-state index in [9.17, 15) is 68.2 Å². The number of nitrogens with two attached hydrogens (primary N) is 2. The Bertz CT molecular complexity index is 2520. The molecular formula is C28H47N11O20P4. The zero-order valence-corrected chi connectivity index (χ0v) is 37.1. The number of nitrogens with one attached hydrogen (secondary N) is 1. The first kappa shape index (κ1) is 50.6. The van der Waals surface area contributed by atoms with Gasteiger partial charge in [0.25, 0.3) is 11.5 Å². The molecule has 0 spiro atoms. The van der Waals surface area contributed by atoms with Gasteiger partial charge < -0.3 is 75.5 Å². The van der Waals surface area contributed by atoms with Gasteiger partial charge in [-0.3, -0.25) is 32.6 Å². The van der Waals surface area contributed by atoms with E-state index < -0.39 is 116 Å². The van der Waals surface area contributed by atoms with E-state index >= 15 is 0 Å². The van der Waals surface area contributed by atoms with Crippen LogP contribution in [0, 0.1) is 0 Å². The number of anilines is 2. The number of nitrogens with zero attached hydrogens (tertiary/aromatic N) is 8. The van der Waals surface area contributed by atoms with E-state index in [4.69, 9.17) is 25.5 Å². The van der Waals surface area contributed by atoms with Gasteiger partial charge in [-0.1, -0.05) is 25.8 Å². The highest BCUT2D eigenvalue weighted by molar-refractivity contribution is 7.75. The van der Waals surface area contributed by atoms with Crippen molar-refractivity contribution in [1.29, 1.82) is 0 Å². The summed E-state index contributed by atoms with van der Waals surface area (Å²) < 4.78 is 81.9. The van der Waals surface area contributed by atoms with E-state index in [0.717, 1.165) is 15.5 Å². The number of aryl methyl sites for hydroxylation is 1. The summed E-state index contributed by atoms with van der Waals surface area (Å²) in [6.07, 6.45) is -11.3. The number of nitrogen functional groups attached to an aromatic ring is 2. The van der Waals surface area contributed by atoms with Crippen LogP contribution in [0.4, 0.5) is 11.9 Å². The normalized spacial score (nSPS) is 27.8. The molecule has 4 unspecified atom stereocenters. The molecular weight excluding hydrogens is 934 g/mol. The Morgan fingerprint density at radius 2 is 1.46 bits per heavy atom. The summed E-state index contributed by atoms with van der Waals surface area (Å²) in [5.74, 6) is -3.45. The topological polar surface area (TPSA) is 462 Å². The molecule has 354 valence electrons. The number of phosphoric ester groups is 1. The predicted octanol–water partition coefficient (Wildman–Crippen LogP) is -3.19. The van der Waals surface area contributed by atoms with Crippen LogP contribution in [0.25, 0.3) is 22.3 Å². The van der Waals surface area contributed by atoms with Crippen LogP contribution >= 0.6 is 30.8 Å². The van der Waals surface area contributed by atoms with Crippen molar-refractivity contribution in [1.82, 2.24) is 39.0 Å². The molecule has 0 aromatic carbocycles. The molecule has 2 saturated heterocycles. The number of hydrogen-bond donors (Lipinski definition) is 11. The molecule has 2 aliphatic heterocycles. The zero-order valence-electron chi connectivity index (χ0n) is 33.5. The minimum atomic E-state index is -6.13. The summed E-state index contributed by atoms with van der Waals surface area (Å²) >= 11 is 0. The summed E-state index contributed by atoms with van der Waals surface area (Å²) in [6.45, 7) is 7.93. The number of fused-ring (bicyclic) bond motifs is 2. The lowest BCUT2D eigenvalue weighted by Gasteiger charge is -2.22. The monoisotopic (exact) mass is 981 g/mol. The van der Waals surface area contributed by atoms with Crippen molar-refractivity contribution in [2.75, 3.05) is 50.2 Å². The molecule has 2 aliphatic rings. The van der Waals surface area contributed by atoms with Crippen LogP contribution in [-0.2, 0) is 52.5 Å². The molecule has 12 atom stereocenters. The van der Waals surface area contributed by atoms with Gasteiger partial charge in [0.15, 0.2) is 35.1 Å². The molecule has 63 heavy (non-hydrogen) atoms. The van der Waals surface area contributed by atoms with Gasteiger partial charge in [0, 0.05) is 5.88 Å². The summed E-state index contributed by atoms with van der Waals surface area (Å²) in [6, 6.07) is 0. The second kappa shape index (κ2) is 19.6. The van der Waals surface area contributed by atoms with Gasteiger partial charge in [0.05, 0.1) is 26.6 Å². The number of ether oxygens (including phenoxy) is 2. The van der Waals surface area contributed by atoms with Gasteiger partial charge in [-0.05, 0) is 19.6 Å². The summed E-state index contributed by atoms with van der Waals surface area (Å²) in [5.41, 5.74) is 9.77. The molecule has 0 amide bonds. The van der Waals surface area contributed by atoms with Crippen molar-refractivity contribution in [2.45, 2.75) is 69.9 Å². The number of aromatic nitrogens is 8. The Hall–Kier alpha value is -3.38. The third-order valence-corrected chi connectivity index (χ3v) is 16.8. The fraction of sp³-hybridized carbons (Fsp3) is 0.643. The minimum Gasteiger partial charge on any atom is -0.856 e. The lowest BCUT2D eigenvalue weighted by atomic mass is 10.1. The highest BCUT2D eigenvalue weighted by Gasteiger charge is 2.50. The summed E-state index contributed by atoms with van der Waals surface area (Å²) in [7, 11) is -21.6. The summed E-state index contributed by atoms with van der Waals surface area (Å²) in [5, 5.41) is 54.4. The Balaban J connectivity index is 0.000000985. The first-order valence-corrected chi connectivity index (χ1v) is 24.9. The van der Waals surface area contributed by atoms with E-state index in [1.165, 1.54) is 37.6 Å². The van der Waals surface area contributed by atoms with Crippen LogP contribution in [0.15, 0.2) is 17.4 Å². The Morgan fingerprint density at radius 3 is 2.08 bits per heavy atom. The number of aromatic amines is 1. The lowest BCUT2D eigenvalue weighted by Crippen LogP contribution is -2.46. The number of imidazole rings is 2. The smallest absolute Gasteiger partial charge is 0.488 e. The van der Waals surface area contributed by atoms with Crippen LogP contribution in [0.5, 0.6) is 5.88 Å². The average molecular weight is 982 g/mol. The van der Waals surface area contributed by atoms with Gasteiger partial charge in [-0.25, -0.2) is 28.0 Å². The van der Waals surface area contributed by atoms with Crippen molar-refractivity contribution in [3.05, 3.63) is 23.0 Å². The highest BCUT2D eigenvalue weighted by atomic mass is 31.3. The van der Waals surface area contributed by atoms with Crippen molar-refractivity contribution < 1.29 is 95.1 Å². The van der Waals surface area contributed by atoms with Crippen LogP contribution in [0.3, 0.4) is 0 Å². The molecule has 6 heterocycles. The first-order chi connectivity index (χ1) is 29.2. The number of H-pyrrole nitrogens is 1. The van der Waals surface area contributed by atoms with E-state index in [1.807, 2.05) is 0 Å². The number of hydrogen-bond acceptors (Lipinski definition) is 23. The van der Waals surface area contributed by atoms with E-state index in [2.05, 4.69) is 63.7 Å².